The summed E-state index contributed by atoms with van der Waals surface area (Å²) in [7, 11) is 0. The van der Waals surface area contributed by atoms with Gasteiger partial charge in [0.25, 0.3) is 0 Å². The third-order valence-corrected chi connectivity index (χ3v) is 2.89. The molecule has 0 spiro atoms. The van der Waals surface area contributed by atoms with Crippen LogP contribution in [0.25, 0.3) is 0 Å². The average Bonchev–Trinajstić information content (AvgIpc) is 2.13. The molecule has 1 aromatic carbocycles. The van der Waals surface area contributed by atoms with Crippen LogP contribution in [0.5, 0.6) is 0 Å². The summed E-state index contributed by atoms with van der Waals surface area (Å²) in [5.41, 5.74) is 0.897. The smallest absolute Gasteiger partial charge is 0.138 e. The van der Waals surface area contributed by atoms with Crippen molar-refractivity contribution in [2.45, 2.75) is 19.8 Å². The van der Waals surface area contributed by atoms with Gasteiger partial charge in [0.15, 0.2) is 0 Å². The maximum absolute atomic E-state index is 13.0. The highest BCUT2D eigenvalue weighted by Gasteiger charge is 2.02. The van der Waals surface area contributed by atoms with Crippen LogP contribution in [-0.2, 0) is 0 Å². The van der Waals surface area contributed by atoms with E-state index in [2.05, 4.69) is 12.2 Å². The van der Waals surface area contributed by atoms with Gasteiger partial charge < -0.3 is 5.32 Å². The molecule has 0 fully saturated rings. The van der Waals surface area contributed by atoms with Crippen molar-refractivity contribution in [1.82, 2.24) is 0 Å². The molecule has 0 saturated heterocycles. The van der Waals surface area contributed by atoms with E-state index >= 15 is 0 Å². The number of anilines is 1. The number of benzene rings is 1. The van der Waals surface area contributed by atoms with Crippen LogP contribution in [0.4, 0.5) is 10.1 Å². The summed E-state index contributed by atoms with van der Waals surface area (Å²) in [6.07, 6.45) is 2.27. The number of halogens is 2. The van der Waals surface area contributed by atoms with Crippen LogP contribution in [-0.4, -0.2) is 6.54 Å². The fourth-order valence-electron chi connectivity index (χ4n) is 1.04. The molecule has 0 aliphatic carbocycles. The van der Waals surface area contributed by atoms with E-state index in [1.165, 1.54) is 6.07 Å². The molecule has 0 saturated carbocycles. The molecule has 0 unspecified atom stereocenters. The molecule has 0 heterocycles. The molecular formula is C10H13FIN. The molecule has 0 aliphatic rings. The average molecular weight is 293 g/mol. The van der Waals surface area contributed by atoms with E-state index in [9.17, 15) is 4.39 Å². The molecule has 13 heavy (non-hydrogen) atoms. The number of hydrogen-bond acceptors (Lipinski definition) is 1. The Bertz CT molecular complexity index is 276. The van der Waals surface area contributed by atoms with Crippen molar-refractivity contribution in [1.29, 1.82) is 0 Å². The second-order valence-corrected chi connectivity index (χ2v) is 3.96. The standard InChI is InChI=1S/C10H13FIN/c1-2-3-7-13-9-6-4-5-8(11)10(9)12/h4-6,13H,2-3,7H2,1H3. The molecule has 1 N–H and O–H groups in total. The second kappa shape index (κ2) is 5.42. The van der Waals surface area contributed by atoms with Gasteiger partial charge >= 0.3 is 0 Å². The molecule has 0 aliphatic heterocycles. The second-order valence-electron chi connectivity index (χ2n) is 2.88. The summed E-state index contributed by atoms with van der Waals surface area (Å²) in [5.74, 6) is -0.151. The number of unbranched alkanes of at least 4 members (excludes halogenated alkanes) is 1. The van der Waals surface area contributed by atoms with E-state index in [0.29, 0.717) is 3.57 Å². The fraction of sp³-hybridized carbons (Fsp3) is 0.400. The Morgan fingerprint density at radius 3 is 2.92 bits per heavy atom. The van der Waals surface area contributed by atoms with Crippen molar-refractivity contribution >= 4 is 28.3 Å². The molecule has 0 radical (unpaired) electrons. The quantitative estimate of drug-likeness (QED) is 0.660. The Morgan fingerprint density at radius 1 is 1.46 bits per heavy atom. The topological polar surface area (TPSA) is 12.0 Å². The van der Waals surface area contributed by atoms with E-state index < -0.39 is 0 Å². The van der Waals surface area contributed by atoms with E-state index in [-0.39, 0.29) is 5.82 Å². The van der Waals surface area contributed by atoms with Gasteiger partial charge in [-0.1, -0.05) is 19.4 Å². The molecule has 1 aromatic rings. The van der Waals surface area contributed by atoms with Gasteiger partial charge in [0, 0.05) is 6.54 Å². The van der Waals surface area contributed by atoms with Crippen molar-refractivity contribution in [2.75, 3.05) is 11.9 Å². The lowest BCUT2D eigenvalue weighted by Crippen LogP contribution is -2.03. The summed E-state index contributed by atoms with van der Waals surface area (Å²) in [4.78, 5) is 0. The van der Waals surface area contributed by atoms with Crippen molar-refractivity contribution in [3.05, 3.63) is 27.6 Å². The monoisotopic (exact) mass is 293 g/mol. The van der Waals surface area contributed by atoms with Crippen molar-refractivity contribution in [3.63, 3.8) is 0 Å². The largest absolute Gasteiger partial charge is 0.384 e. The Labute approximate surface area is 91.9 Å². The molecule has 0 aromatic heterocycles. The van der Waals surface area contributed by atoms with E-state index in [1.54, 1.807) is 6.07 Å². The van der Waals surface area contributed by atoms with E-state index in [1.807, 2.05) is 28.7 Å². The Hall–Kier alpha value is -0.320. The highest BCUT2D eigenvalue weighted by Crippen LogP contribution is 2.20. The van der Waals surface area contributed by atoms with Crippen LogP contribution in [0, 0.1) is 9.39 Å². The minimum atomic E-state index is -0.151. The molecule has 1 nitrogen and oxygen atoms in total. The SMILES string of the molecule is CCCCNc1cccc(F)c1I. The first kappa shape index (κ1) is 10.8. The van der Waals surface area contributed by atoms with Gasteiger partial charge in [0.2, 0.25) is 0 Å². The first-order valence-electron chi connectivity index (χ1n) is 4.43. The number of hydrogen-bond donors (Lipinski definition) is 1. The third-order valence-electron chi connectivity index (χ3n) is 1.80. The zero-order valence-corrected chi connectivity index (χ0v) is 9.77. The number of rotatable bonds is 4. The van der Waals surface area contributed by atoms with Gasteiger partial charge in [-0.2, -0.15) is 0 Å². The zero-order valence-electron chi connectivity index (χ0n) is 7.61. The molecule has 1 rings (SSSR count). The van der Waals surface area contributed by atoms with E-state index in [0.717, 1.165) is 25.1 Å². The molecule has 0 atom stereocenters. The van der Waals surface area contributed by atoms with Gasteiger partial charge in [-0.3, -0.25) is 0 Å². The van der Waals surface area contributed by atoms with Gasteiger partial charge in [-0.25, -0.2) is 4.39 Å². The van der Waals surface area contributed by atoms with Gasteiger partial charge in [-0.15, -0.1) is 0 Å². The summed E-state index contributed by atoms with van der Waals surface area (Å²) >= 11 is 2.02. The third kappa shape index (κ3) is 3.14. The van der Waals surface area contributed by atoms with Crippen molar-refractivity contribution in [2.24, 2.45) is 0 Å². The first-order valence-corrected chi connectivity index (χ1v) is 5.51. The molecule has 0 bridgehead atoms. The Kier molecular flexibility index (Phi) is 4.48. The van der Waals surface area contributed by atoms with Crippen LogP contribution in [0.1, 0.15) is 19.8 Å². The molecule has 0 amide bonds. The normalized spacial score (nSPS) is 10.1. The maximum atomic E-state index is 13.0. The lowest BCUT2D eigenvalue weighted by atomic mass is 10.3. The van der Waals surface area contributed by atoms with Crippen LogP contribution in [0.3, 0.4) is 0 Å². The van der Waals surface area contributed by atoms with Crippen LogP contribution in [0.15, 0.2) is 18.2 Å². The predicted molar refractivity (Wildman–Crippen MR) is 62.5 cm³/mol. The van der Waals surface area contributed by atoms with Gasteiger partial charge in [0.05, 0.1) is 9.26 Å². The summed E-state index contributed by atoms with van der Waals surface area (Å²) in [6.45, 7) is 3.05. The van der Waals surface area contributed by atoms with Crippen LogP contribution in [0.2, 0.25) is 0 Å². The summed E-state index contributed by atoms with van der Waals surface area (Å²) < 4.78 is 13.7. The summed E-state index contributed by atoms with van der Waals surface area (Å²) in [5, 5.41) is 3.21. The summed E-state index contributed by atoms with van der Waals surface area (Å²) in [6, 6.07) is 5.11. The van der Waals surface area contributed by atoms with Gasteiger partial charge in [0.1, 0.15) is 5.82 Å². The van der Waals surface area contributed by atoms with Gasteiger partial charge in [-0.05, 0) is 41.1 Å². The Morgan fingerprint density at radius 2 is 2.23 bits per heavy atom. The minimum absolute atomic E-state index is 0.151. The maximum Gasteiger partial charge on any atom is 0.138 e. The number of nitrogens with one attached hydrogen (secondary N) is 1. The fourth-order valence-corrected chi connectivity index (χ4v) is 1.59. The predicted octanol–water partition coefficient (Wildman–Crippen LogP) is 3.64. The lowest BCUT2D eigenvalue weighted by molar-refractivity contribution is 0.620. The van der Waals surface area contributed by atoms with Crippen LogP contribution >= 0.6 is 22.6 Å². The highest BCUT2D eigenvalue weighted by molar-refractivity contribution is 14.1. The first-order chi connectivity index (χ1) is 6.25. The van der Waals surface area contributed by atoms with Crippen molar-refractivity contribution in [3.8, 4) is 0 Å². The van der Waals surface area contributed by atoms with E-state index in [4.69, 9.17) is 0 Å². The molecular weight excluding hydrogens is 280 g/mol. The van der Waals surface area contributed by atoms with Crippen LogP contribution < -0.4 is 5.32 Å². The Balaban J connectivity index is 2.61. The lowest BCUT2D eigenvalue weighted by Gasteiger charge is -2.07. The minimum Gasteiger partial charge on any atom is -0.384 e. The molecule has 3 heteroatoms. The molecule has 72 valence electrons. The zero-order chi connectivity index (χ0) is 9.68. The highest BCUT2D eigenvalue weighted by atomic mass is 127. The van der Waals surface area contributed by atoms with Crippen molar-refractivity contribution < 1.29 is 4.39 Å².